The molecule has 2 rings (SSSR count). The van der Waals surface area contributed by atoms with Gasteiger partial charge >= 0.3 is 6.03 Å². The average Bonchev–Trinajstić information content (AvgIpc) is 3.14. The molecule has 1 aliphatic carbocycles. The molecule has 3 amide bonds. The van der Waals surface area contributed by atoms with Gasteiger partial charge < -0.3 is 10.6 Å². The number of carbonyl (C=O) groups excluding carboxylic acids is 2. The number of carbonyl (C=O) groups is 2. The van der Waals surface area contributed by atoms with Gasteiger partial charge in [0.25, 0.3) is 5.91 Å². The van der Waals surface area contributed by atoms with Gasteiger partial charge in [-0.15, -0.1) is 5.10 Å². The van der Waals surface area contributed by atoms with Gasteiger partial charge in [-0.25, -0.2) is 9.48 Å². The SMILES string of the molecule is CNC(=O)NC(=O)C(C)n1cc(CNCC2CC2)nn1. The minimum Gasteiger partial charge on any atom is -0.341 e. The average molecular weight is 280 g/mol. The second kappa shape index (κ2) is 6.47. The summed E-state index contributed by atoms with van der Waals surface area (Å²) in [5.41, 5.74) is 0.783. The molecule has 1 aliphatic rings. The number of rotatable bonds is 6. The molecule has 1 fully saturated rings. The lowest BCUT2D eigenvalue weighted by Crippen LogP contribution is -2.40. The van der Waals surface area contributed by atoms with E-state index >= 15 is 0 Å². The van der Waals surface area contributed by atoms with Crippen LogP contribution in [0.1, 0.15) is 31.5 Å². The second-order valence-electron chi connectivity index (χ2n) is 5.01. The van der Waals surface area contributed by atoms with E-state index in [0.717, 1.165) is 18.2 Å². The van der Waals surface area contributed by atoms with Crippen LogP contribution in [0.15, 0.2) is 6.20 Å². The Balaban J connectivity index is 1.82. The first-order valence-electron chi connectivity index (χ1n) is 6.74. The maximum Gasteiger partial charge on any atom is 0.321 e. The van der Waals surface area contributed by atoms with Gasteiger partial charge in [0, 0.05) is 13.6 Å². The largest absolute Gasteiger partial charge is 0.341 e. The first-order chi connectivity index (χ1) is 9.60. The normalized spacial score (nSPS) is 15.7. The lowest BCUT2D eigenvalue weighted by atomic mass is 10.3. The van der Waals surface area contributed by atoms with Crippen LogP contribution in [-0.4, -0.2) is 40.5 Å². The van der Waals surface area contributed by atoms with Crippen molar-refractivity contribution in [3.8, 4) is 0 Å². The third kappa shape index (κ3) is 4.02. The van der Waals surface area contributed by atoms with Gasteiger partial charge in [0.15, 0.2) is 0 Å². The number of amides is 3. The lowest BCUT2D eigenvalue weighted by Gasteiger charge is -2.10. The zero-order valence-electron chi connectivity index (χ0n) is 11.7. The molecule has 1 heterocycles. The van der Waals surface area contributed by atoms with Gasteiger partial charge in [0.05, 0.1) is 11.9 Å². The van der Waals surface area contributed by atoms with Crippen LogP contribution in [0.3, 0.4) is 0 Å². The number of urea groups is 1. The van der Waals surface area contributed by atoms with Gasteiger partial charge in [-0.2, -0.15) is 0 Å². The molecular weight excluding hydrogens is 260 g/mol. The van der Waals surface area contributed by atoms with Crippen molar-refractivity contribution in [1.82, 2.24) is 30.9 Å². The fourth-order valence-corrected chi connectivity index (χ4v) is 1.71. The number of aromatic nitrogens is 3. The van der Waals surface area contributed by atoms with Crippen LogP contribution in [0, 0.1) is 5.92 Å². The minimum atomic E-state index is -0.586. The smallest absolute Gasteiger partial charge is 0.321 e. The summed E-state index contributed by atoms with van der Waals surface area (Å²) in [5, 5.41) is 15.8. The molecule has 110 valence electrons. The van der Waals surface area contributed by atoms with E-state index in [1.54, 1.807) is 13.1 Å². The number of imide groups is 1. The Morgan fingerprint density at radius 3 is 2.90 bits per heavy atom. The number of hydrogen-bond donors (Lipinski definition) is 3. The summed E-state index contributed by atoms with van der Waals surface area (Å²) >= 11 is 0. The van der Waals surface area contributed by atoms with Gasteiger partial charge in [0.1, 0.15) is 6.04 Å². The maximum absolute atomic E-state index is 11.8. The van der Waals surface area contributed by atoms with Gasteiger partial charge in [-0.05, 0) is 32.2 Å². The van der Waals surface area contributed by atoms with Crippen LogP contribution in [0.4, 0.5) is 4.79 Å². The highest BCUT2D eigenvalue weighted by Crippen LogP contribution is 2.27. The van der Waals surface area contributed by atoms with E-state index < -0.39 is 18.0 Å². The first kappa shape index (κ1) is 14.4. The Kier molecular flexibility index (Phi) is 4.67. The predicted molar refractivity (Wildman–Crippen MR) is 71.8 cm³/mol. The molecule has 8 heteroatoms. The molecule has 8 nitrogen and oxygen atoms in total. The van der Waals surface area contributed by atoms with E-state index in [-0.39, 0.29) is 0 Å². The van der Waals surface area contributed by atoms with Crippen LogP contribution >= 0.6 is 0 Å². The van der Waals surface area contributed by atoms with Crippen molar-refractivity contribution in [2.75, 3.05) is 13.6 Å². The molecule has 0 aromatic carbocycles. The van der Waals surface area contributed by atoms with E-state index in [2.05, 4.69) is 26.3 Å². The van der Waals surface area contributed by atoms with Gasteiger partial charge in [0.2, 0.25) is 0 Å². The van der Waals surface area contributed by atoms with Crippen LogP contribution in [0.5, 0.6) is 0 Å². The molecule has 0 saturated heterocycles. The molecule has 20 heavy (non-hydrogen) atoms. The molecule has 1 unspecified atom stereocenters. The van der Waals surface area contributed by atoms with Crippen molar-refractivity contribution in [2.24, 2.45) is 5.92 Å². The maximum atomic E-state index is 11.8. The summed E-state index contributed by atoms with van der Waals surface area (Å²) in [6.45, 7) is 3.30. The second-order valence-corrected chi connectivity index (χ2v) is 5.01. The highest BCUT2D eigenvalue weighted by molar-refractivity contribution is 5.95. The summed E-state index contributed by atoms with van der Waals surface area (Å²) in [4.78, 5) is 22.8. The number of nitrogens with zero attached hydrogens (tertiary/aromatic N) is 3. The molecule has 0 aliphatic heterocycles. The summed E-state index contributed by atoms with van der Waals surface area (Å²) in [7, 11) is 1.45. The summed E-state index contributed by atoms with van der Waals surface area (Å²) in [6.07, 6.45) is 4.32. The fraction of sp³-hybridized carbons (Fsp3) is 0.667. The van der Waals surface area contributed by atoms with Crippen LogP contribution < -0.4 is 16.0 Å². The topological polar surface area (TPSA) is 101 Å². The van der Waals surface area contributed by atoms with Crippen LogP contribution in [-0.2, 0) is 11.3 Å². The third-order valence-corrected chi connectivity index (χ3v) is 3.23. The number of nitrogens with one attached hydrogen (secondary N) is 3. The van der Waals surface area contributed by atoms with Gasteiger partial charge in [-0.3, -0.25) is 10.1 Å². The Labute approximate surface area is 117 Å². The van der Waals surface area contributed by atoms with Crippen LogP contribution in [0.2, 0.25) is 0 Å². The molecular formula is C12H20N6O2. The highest BCUT2D eigenvalue weighted by Gasteiger charge is 2.21. The third-order valence-electron chi connectivity index (χ3n) is 3.23. The van der Waals surface area contributed by atoms with Crippen LogP contribution in [0.25, 0.3) is 0 Å². The Morgan fingerprint density at radius 2 is 2.25 bits per heavy atom. The highest BCUT2D eigenvalue weighted by atomic mass is 16.2. The van der Waals surface area contributed by atoms with E-state index in [0.29, 0.717) is 6.54 Å². The van der Waals surface area contributed by atoms with Crippen molar-refractivity contribution < 1.29 is 9.59 Å². The first-order valence-corrected chi connectivity index (χ1v) is 6.74. The standard InChI is InChI=1S/C12H20N6O2/c1-8(11(19)15-12(20)13-2)18-7-10(16-17-18)6-14-5-9-3-4-9/h7-9,14H,3-6H2,1-2H3,(H2,13,15,19,20). The molecule has 1 aromatic heterocycles. The Hall–Kier alpha value is -1.96. The number of hydrogen-bond acceptors (Lipinski definition) is 5. The molecule has 3 N–H and O–H groups in total. The van der Waals surface area contributed by atoms with E-state index in [1.165, 1.54) is 24.6 Å². The zero-order valence-corrected chi connectivity index (χ0v) is 11.7. The van der Waals surface area contributed by atoms with Crippen molar-refractivity contribution in [2.45, 2.75) is 32.4 Å². The quantitative estimate of drug-likeness (QED) is 0.669. The summed E-state index contributed by atoms with van der Waals surface area (Å²) < 4.78 is 1.45. The van der Waals surface area contributed by atoms with Crippen molar-refractivity contribution in [1.29, 1.82) is 0 Å². The predicted octanol–water partition coefficient (Wildman–Crippen LogP) is -0.206. The Morgan fingerprint density at radius 1 is 1.50 bits per heavy atom. The molecule has 0 radical (unpaired) electrons. The van der Waals surface area contributed by atoms with E-state index in [1.807, 2.05) is 0 Å². The zero-order chi connectivity index (χ0) is 14.5. The molecule has 1 aromatic rings. The monoisotopic (exact) mass is 280 g/mol. The summed E-state index contributed by atoms with van der Waals surface area (Å²) in [5.74, 6) is 0.383. The van der Waals surface area contributed by atoms with Gasteiger partial charge in [-0.1, -0.05) is 5.21 Å². The fourth-order valence-electron chi connectivity index (χ4n) is 1.71. The molecule has 1 atom stereocenters. The molecule has 0 bridgehead atoms. The Bertz CT molecular complexity index is 482. The minimum absolute atomic E-state index is 0.424. The lowest BCUT2D eigenvalue weighted by molar-refractivity contribution is -0.123. The summed E-state index contributed by atoms with van der Waals surface area (Å²) in [6, 6.07) is -1.12. The van der Waals surface area contributed by atoms with E-state index in [9.17, 15) is 9.59 Å². The van der Waals surface area contributed by atoms with Crippen molar-refractivity contribution >= 4 is 11.9 Å². The molecule has 0 spiro atoms. The van der Waals surface area contributed by atoms with E-state index in [4.69, 9.17) is 0 Å². The molecule has 1 saturated carbocycles. The van der Waals surface area contributed by atoms with Crippen molar-refractivity contribution in [3.05, 3.63) is 11.9 Å². The van der Waals surface area contributed by atoms with Crippen molar-refractivity contribution in [3.63, 3.8) is 0 Å².